The molecule has 4 heterocycles. The largest absolute Gasteiger partial charge is 0.497 e. The van der Waals surface area contributed by atoms with Crippen LogP contribution < -0.4 is 30.7 Å². The lowest BCUT2D eigenvalue weighted by Gasteiger charge is -2.16. The molecule has 0 aromatic heterocycles. The summed E-state index contributed by atoms with van der Waals surface area (Å²) in [4.78, 5) is 1.25. The molecule has 4 aliphatic rings. The van der Waals surface area contributed by atoms with Crippen molar-refractivity contribution in [2.75, 3.05) is 51.0 Å². The molecule has 4 aliphatic heterocycles. The lowest BCUT2D eigenvalue weighted by atomic mass is 9.91. The normalized spacial score (nSPS) is 22.4. The van der Waals surface area contributed by atoms with Crippen LogP contribution in [0.1, 0.15) is 48.6 Å². The maximum atomic E-state index is 13.0. The average Bonchev–Trinajstić information content (AvgIpc) is 3.43. The van der Waals surface area contributed by atoms with E-state index in [-0.39, 0.29) is 4.90 Å². The minimum absolute atomic E-state index is 0.261. The number of nitrogens with one attached hydrogen (secondary N) is 4. The summed E-state index contributed by atoms with van der Waals surface area (Å²) < 4.78 is 62.3. The third kappa shape index (κ3) is 6.69. The predicted molar refractivity (Wildman–Crippen MR) is 194 cm³/mol. The number of sulfone groups is 2. The molecule has 0 aliphatic carbocycles. The zero-order valence-electron chi connectivity index (χ0n) is 28.3. The molecule has 8 rings (SSSR count). The van der Waals surface area contributed by atoms with Crippen molar-refractivity contribution < 1.29 is 26.3 Å². The molecule has 50 heavy (non-hydrogen) atoms. The van der Waals surface area contributed by atoms with Crippen LogP contribution in [0.5, 0.6) is 11.5 Å². The number of anilines is 2. The Morgan fingerprint density at radius 3 is 1.50 bits per heavy atom. The first-order chi connectivity index (χ1) is 24.2. The lowest BCUT2D eigenvalue weighted by Crippen LogP contribution is -2.21. The van der Waals surface area contributed by atoms with Gasteiger partial charge in [0, 0.05) is 35.3 Å². The third-order valence-corrected chi connectivity index (χ3v) is 13.9. The molecule has 0 radical (unpaired) electrons. The Labute approximate surface area is 294 Å². The Bertz CT molecular complexity index is 2070. The minimum Gasteiger partial charge on any atom is -0.497 e. The van der Waals surface area contributed by atoms with Crippen molar-refractivity contribution in [2.45, 2.75) is 69.2 Å². The zero-order valence-corrected chi connectivity index (χ0v) is 29.9. The predicted octanol–water partition coefficient (Wildman–Crippen LogP) is 5.58. The molecule has 4 N–H and O–H groups in total. The van der Waals surface area contributed by atoms with Crippen LogP contribution in [-0.4, -0.2) is 69.3 Å². The molecule has 0 bridgehead atoms. The van der Waals surface area contributed by atoms with Crippen molar-refractivity contribution in [3.05, 3.63) is 96.1 Å². The number of hydrogen-bond acceptors (Lipinski definition) is 10. The fourth-order valence-electron chi connectivity index (χ4n) is 7.66. The quantitative estimate of drug-likeness (QED) is 0.201. The summed E-state index contributed by atoms with van der Waals surface area (Å²) in [6.45, 7) is 3.93. The van der Waals surface area contributed by atoms with Crippen LogP contribution in [0.4, 0.5) is 11.4 Å². The molecule has 4 aromatic carbocycles. The van der Waals surface area contributed by atoms with E-state index in [0.717, 1.165) is 74.4 Å². The van der Waals surface area contributed by atoms with Crippen LogP contribution >= 0.6 is 0 Å². The second-order valence-corrected chi connectivity index (χ2v) is 17.1. The van der Waals surface area contributed by atoms with Gasteiger partial charge in [-0.2, -0.15) is 0 Å². The van der Waals surface area contributed by atoms with Crippen molar-refractivity contribution in [1.82, 2.24) is 10.6 Å². The molecule has 4 atom stereocenters. The lowest BCUT2D eigenvalue weighted by molar-refractivity contribution is 0.413. The number of hydrogen-bond donors (Lipinski definition) is 4. The minimum atomic E-state index is -3.56. The topological polar surface area (TPSA) is 135 Å². The first kappa shape index (κ1) is 34.4. The van der Waals surface area contributed by atoms with Crippen molar-refractivity contribution in [3.63, 3.8) is 0 Å². The van der Waals surface area contributed by atoms with Gasteiger partial charge in [-0.15, -0.1) is 0 Å². The van der Waals surface area contributed by atoms with Gasteiger partial charge in [0.25, 0.3) is 0 Å². The summed E-state index contributed by atoms with van der Waals surface area (Å²) in [5.41, 5.74) is 4.40. The molecular weight excluding hydrogens is 673 g/mol. The van der Waals surface area contributed by atoms with Gasteiger partial charge in [-0.1, -0.05) is 6.07 Å². The first-order valence-electron chi connectivity index (χ1n) is 17.2. The number of ether oxygens (including phenoxy) is 2. The molecule has 0 unspecified atom stereocenters. The Balaban J connectivity index is 0.000000157. The molecule has 12 heteroatoms. The molecule has 2 fully saturated rings. The Hall–Kier alpha value is -4.10. The molecule has 10 nitrogen and oxygen atoms in total. The van der Waals surface area contributed by atoms with E-state index in [4.69, 9.17) is 9.47 Å². The smallest absolute Gasteiger partial charge is 0.206 e. The van der Waals surface area contributed by atoms with E-state index in [0.29, 0.717) is 50.1 Å². The summed E-state index contributed by atoms with van der Waals surface area (Å²) in [7, 11) is -4.00. The highest BCUT2D eigenvalue weighted by atomic mass is 32.2. The van der Waals surface area contributed by atoms with E-state index >= 15 is 0 Å². The summed E-state index contributed by atoms with van der Waals surface area (Å²) in [5, 5.41) is 14.0. The molecule has 0 spiro atoms. The fourth-order valence-corrected chi connectivity index (χ4v) is 10.3. The van der Waals surface area contributed by atoms with Crippen molar-refractivity contribution in [2.24, 2.45) is 0 Å². The van der Waals surface area contributed by atoms with Crippen LogP contribution in [0, 0.1) is 0 Å². The van der Waals surface area contributed by atoms with Gasteiger partial charge in [-0.25, -0.2) is 16.8 Å². The molecule has 4 aromatic rings. The summed E-state index contributed by atoms with van der Waals surface area (Å²) in [5.74, 6) is 1.92. The second kappa shape index (κ2) is 14.3. The van der Waals surface area contributed by atoms with Gasteiger partial charge in [0.05, 0.1) is 33.8 Å². The van der Waals surface area contributed by atoms with Crippen molar-refractivity contribution in [1.29, 1.82) is 0 Å². The Kier molecular flexibility index (Phi) is 9.80. The summed E-state index contributed by atoms with van der Waals surface area (Å²) in [6.07, 6.45) is 4.15. The van der Waals surface area contributed by atoms with Crippen molar-refractivity contribution >= 4 is 31.0 Å². The molecular formula is C38H44N4O6S2. The monoisotopic (exact) mass is 716 g/mol. The Morgan fingerprint density at radius 1 is 0.520 bits per heavy atom. The summed E-state index contributed by atoms with van der Waals surface area (Å²) >= 11 is 0. The van der Waals surface area contributed by atoms with E-state index in [1.54, 1.807) is 67.8 Å². The molecule has 0 amide bonds. The van der Waals surface area contributed by atoms with Gasteiger partial charge in [0.1, 0.15) is 11.5 Å². The molecule has 264 valence electrons. The van der Waals surface area contributed by atoms with Gasteiger partial charge in [0.15, 0.2) is 0 Å². The van der Waals surface area contributed by atoms with E-state index in [1.807, 2.05) is 24.3 Å². The molecule has 0 saturated carbocycles. The van der Waals surface area contributed by atoms with E-state index in [9.17, 15) is 16.8 Å². The van der Waals surface area contributed by atoms with Crippen LogP contribution in [0.2, 0.25) is 0 Å². The highest BCUT2D eigenvalue weighted by Crippen LogP contribution is 2.43. The average molecular weight is 717 g/mol. The SMILES string of the molecule is COc1ccc(S(=O)(=O)c2ccc3c(c2)[C@H]2CCNCC[C@@H]2N3)cc1.COc1cccc(S(=O)(=O)c2ccc3c(c2)[C@H]2CCNCC[C@@H]2N3)c1. The number of fused-ring (bicyclic) bond motifs is 6. The Morgan fingerprint density at radius 2 is 0.980 bits per heavy atom. The van der Waals surface area contributed by atoms with Crippen molar-refractivity contribution in [3.8, 4) is 11.5 Å². The van der Waals surface area contributed by atoms with E-state index in [2.05, 4.69) is 21.3 Å². The maximum Gasteiger partial charge on any atom is 0.206 e. The fraction of sp³-hybridized carbons (Fsp3) is 0.368. The highest BCUT2D eigenvalue weighted by Gasteiger charge is 2.35. The molecule has 2 saturated heterocycles. The summed E-state index contributed by atoms with van der Waals surface area (Å²) in [6, 6.07) is 24.9. The number of methoxy groups -OCH3 is 2. The van der Waals surface area contributed by atoms with E-state index in [1.165, 1.54) is 7.11 Å². The van der Waals surface area contributed by atoms with Gasteiger partial charge in [-0.05, 0) is 142 Å². The van der Waals surface area contributed by atoms with Crippen LogP contribution in [0.25, 0.3) is 0 Å². The maximum absolute atomic E-state index is 13.0. The number of rotatable bonds is 6. The standard InChI is InChI=1S/2C19H22N2O3S/c1-24-13-2-4-14(5-3-13)25(22,23)15-6-7-18-17(12-15)16-8-10-20-11-9-19(16)21-18;1-24-13-3-2-4-14(11-13)25(22,23)15-5-6-18-17(12-15)16-7-9-20-10-8-19(16)21-18/h2-7,12,16,19-21H,8-11H2,1H3;2-6,11-12,16,19-21H,7-10H2,1H3/t2*16-,19+/m11/s1. The van der Waals surface area contributed by atoms with Gasteiger partial charge in [0.2, 0.25) is 19.7 Å². The zero-order chi connectivity index (χ0) is 34.9. The second-order valence-electron chi connectivity index (χ2n) is 13.2. The third-order valence-electron chi connectivity index (χ3n) is 10.4. The van der Waals surface area contributed by atoms with Gasteiger partial charge < -0.3 is 30.7 Å². The van der Waals surface area contributed by atoms with Gasteiger partial charge in [-0.3, -0.25) is 0 Å². The van der Waals surface area contributed by atoms with E-state index < -0.39 is 19.7 Å². The van der Waals surface area contributed by atoms with Crippen LogP contribution in [0.15, 0.2) is 105 Å². The first-order valence-corrected chi connectivity index (χ1v) is 20.2. The number of benzene rings is 4. The van der Waals surface area contributed by atoms with Crippen LogP contribution in [0.3, 0.4) is 0 Å². The highest BCUT2D eigenvalue weighted by molar-refractivity contribution is 7.91. The van der Waals surface area contributed by atoms with Crippen LogP contribution in [-0.2, 0) is 19.7 Å². The van der Waals surface area contributed by atoms with Gasteiger partial charge >= 0.3 is 0 Å².